The fourth-order valence-electron chi connectivity index (χ4n) is 2.46. The predicted octanol–water partition coefficient (Wildman–Crippen LogP) is 3.46. The Hall–Kier alpha value is -2.32. The molecule has 0 aliphatic heterocycles. The second kappa shape index (κ2) is 8.37. The molecule has 1 amide bonds. The fraction of sp³-hybridized carbons (Fsp3) is 0.278. The molecule has 2 heterocycles. The Balaban J connectivity index is 1.62. The van der Waals surface area contributed by atoms with Crippen LogP contribution in [0.5, 0.6) is 11.5 Å². The van der Waals surface area contributed by atoms with E-state index in [0.29, 0.717) is 23.8 Å². The molecule has 2 aromatic heterocycles. The SMILES string of the molecule is COc1ccc(CN(C)C(=O)CSc2ncnc3sccc23)cc1OC. The van der Waals surface area contributed by atoms with Crippen LogP contribution in [-0.4, -0.2) is 47.8 Å². The number of rotatable bonds is 7. The molecule has 0 aliphatic carbocycles. The Morgan fingerprint density at radius 2 is 2.00 bits per heavy atom. The van der Waals surface area contributed by atoms with Crippen molar-refractivity contribution in [1.82, 2.24) is 14.9 Å². The number of amides is 1. The minimum Gasteiger partial charge on any atom is -0.493 e. The third kappa shape index (κ3) is 4.08. The van der Waals surface area contributed by atoms with Crippen molar-refractivity contribution < 1.29 is 14.3 Å². The topological polar surface area (TPSA) is 64.5 Å². The summed E-state index contributed by atoms with van der Waals surface area (Å²) in [6, 6.07) is 7.64. The molecule has 0 aliphatic rings. The molecule has 0 N–H and O–H groups in total. The summed E-state index contributed by atoms with van der Waals surface area (Å²) in [6.45, 7) is 0.497. The van der Waals surface area contributed by atoms with Gasteiger partial charge >= 0.3 is 0 Å². The van der Waals surface area contributed by atoms with E-state index in [2.05, 4.69) is 9.97 Å². The predicted molar refractivity (Wildman–Crippen MR) is 104 cm³/mol. The van der Waals surface area contributed by atoms with E-state index in [4.69, 9.17) is 9.47 Å². The molecule has 3 rings (SSSR count). The van der Waals surface area contributed by atoms with E-state index in [1.165, 1.54) is 11.8 Å². The van der Waals surface area contributed by atoms with Crippen LogP contribution in [0.2, 0.25) is 0 Å². The van der Waals surface area contributed by atoms with Crippen LogP contribution in [0.1, 0.15) is 5.56 Å². The molecular weight excluding hydrogens is 370 g/mol. The third-order valence-corrected chi connectivity index (χ3v) is 5.66. The number of aromatic nitrogens is 2. The quantitative estimate of drug-likeness (QED) is 0.455. The number of hydrogen-bond donors (Lipinski definition) is 0. The number of fused-ring (bicyclic) bond motifs is 1. The van der Waals surface area contributed by atoms with Crippen molar-refractivity contribution in [3.05, 3.63) is 41.5 Å². The summed E-state index contributed by atoms with van der Waals surface area (Å²) in [5.41, 5.74) is 0.978. The molecule has 0 spiro atoms. The Bertz CT molecular complexity index is 914. The van der Waals surface area contributed by atoms with E-state index in [0.717, 1.165) is 20.8 Å². The summed E-state index contributed by atoms with van der Waals surface area (Å²) in [5.74, 6) is 1.68. The number of benzene rings is 1. The molecule has 0 saturated carbocycles. The van der Waals surface area contributed by atoms with E-state index < -0.39 is 0 Å². The van der Waals surface area contributed by atoms with Gasteiger partial charge in [0.05, 0.1) is 20.0 Å². The minimum atomic E-state index is 0.0341. The number of thiophene rings is 1. The van der Waals surface area contributed by atoms with Gasteiger partial charge in [0.1, 0.15) is 16.2 Å². The van der Waals surface area contributed by atoms with Crippen molar-refractivity contribution in [3.8, 4) is 11.5 Å². The number of thioether (sulfide) groups is 1. The molecular formula is C18H19N3O3S2. The Morgan fingerprint density at radius 1 is 1.19 bits per heavy atom. The molecule has 0 atom stereocenters. The zero-order chi connectivity index (χ0) is 18.5. The van der Waals surface area contributed by atoms with Gasteiger partial charge in [0.2, 0.25) is 5.91 Å². The third-order valence-electron chi connectivity index (χ3n) is 3.85. The molecule has 0 saturated heterocycles. The molecule has 0 radical (unpaired) electrons. The lowest BCUT2D eigenvalue weighted by Gasteiger charge is -2.18. The number of ether oxygens (including phenoxy) is 2. The summed E-state index contributed by atoms with van der Waals surface area (Å²) in [7, 11) is 4.99. The highest BCUT2D eigenvalue weighted by Gasteiger charge is 2.14. The summed E-state index contributed by atoms with van der Waals surface area (Å²) >= 11 is 3.00. The van der Waals surface area contributed by atoms with E-state index in [-0.39, 0.29) is 5.91 Å². The molecule has 3 aromatic rings. The van der Waals surface area contributed by atoms with Gasteiger partial charge in [-0.2, -0.15) is 0 Å². The highest BCUT2D eigenvalue weighted by molar-refractivity contribution is 8.00. The molecule has 6 nitrogen and oxygen atoms in total. The first-order valence-electron chi connectivity index (χ1n) is 7.88. The number of methoxy groups -OCH3 is 2. The van der Waals surface area contributed by atoms with Gasteiger partial charge in [0.15, 0.2) is 11.5 Å². The van der Waals surface area contributed by atoms with Crippen LogP contribution in [-0.2, 0) is 11.3 Å². The summed E-state index contributed by atoms with van der Waals surface area (Å²) in [6.07, 6.45) is 1.54. The first-order chi connectivity index (χ1) is 12.6. The zero-order valence-electron chi connectivity index (χ0n) is 14.8. The maximum atomic E-state index is 12.5. The van der Waals surface area contributed by atoms with Crippen LogP contribution < -0.4 is 9.47 Å². The number of carbonyl (C=O) groups excluding carboxylic acids is 1. The molecule has 0 unspecified atom stereocenters. The van der Waals surface area contributed by atoms with Gasteiger partial charge in [-0.3, -0.25) is 4.79 Å². The van der Waals surface area contributed by atoms with Crippen LogP contribution in [0.3, 0.4) is 0 Å². The molecule has 0 bridgehead atoms. The summed E-state index contributed by atoms with van der Waals surface area (Å²) in [5, 5.41) is 3.82. The van der Waals surface area contributed by atoms with Crippen LogP contribution in [0.15, 0.2) is 41.0 Å². The first-order valence-corrected chi connectivity index (χ1v) is 9.74. The van der Waals surface area contributed by atoms with Gasteiger partial charge in [0, 0.05) is 19.0 Å². The van der Waals surface area contributed by atoms with E-state index in [1.807, 2.05) is 29.6 Å². The maximum absolute atomic E-state index is 12.5. The molecule has 136 valence electrons. The summed E-state index contributed by atoms with van der Waals surface area (Å²) < 4.78 is 10.6. The molecule has 26 heavy (non-hydrogen) atoms. The first kappa shape index (κ1) is 18.5. The highest BCUT2D eigenvalue weighted by atomic mass is 32.2. The van der Waals surface area contributed by atoms with Gasteiger partial charge in [-0.25, -0.2) is 9.97 Å². The second-order valence-electron chi connectivity index (χ2n) is 5.55. The highest BCUT2D eigenvalue weighted by Crippen LogP contribution is 2.29. The van der Waals surface area contributed by atoms with E-state index in [9.17, 15) is 4.79 Å². The van der Waals surface area contributed by atoms with Crippen molar-refractivity contribution in [1.29, 1.82) is 0 Å². The van der Waals surface area contributed by atoms with Crippen LogP contribution in [0.4, 0.5) is 0 Å². The van der Waals surface area contributed by atoms with Gasteiger partial charge in [-0.15, -0.1) is 11.3 Å². The van der Waals surface area contributed by atoms with Gasteiger partial charge in [-0.05, 0) is 29.1 Å². The molecule has 1 aromatic carbocycles. The van der Waals surface area contributed by atoms with Crippen LogP contribution in [0.25, 0.3) is 10.2 Å². The Morgan fingerprint density at radius 3 is 2.77 bits per heavy atom. The number of hydrogen-bond acceptors (Lipinski definition) is 7. The average molecular weight is 390 g/mol. The lowest BCUT2D eigenvalue weighted by atomic mass is 10.2. The van der Waals surface area contributed by atoms with Crippen molar-refractivity contribution in [3.63, 3.8) is 0 Å². The number of nitrogens with zero attached hydrogens (tertiary/aromatic N) is 3. The number of carbonyl (C=O) groups is 1. The minimum absolute atomic E-state index is 0.0341. The Kier molecular flexibility index (Phi) is 5.95. The normalized spacial score (nSPS) is 10.7. The van der Waals surface area contributed by atoms with Gasteiger partial charge in [-0.1, -0.05) is 17.8 Å². The average Bonchev–Trinajstić information content (AvgIpc) is 3.15. The monoisotopic (exact) mass is 389 g/mol. The van der Waals surface area contributed by atoms with Crippen LogP contribution >= 0.6 is 23.1 Å². The van der Waals surface area contributed by atoms with E-state index >= 15 is 0 Å². The summed E-state index contributed by atoms with van der Waals surface area (Å²) in [4.78, 5) is 23.6. The smallest absolute Gasteiger partial charge is 0.233 e. The van der Waals surface area contributed by atoms with Crippen molar-refractivity contribution in [2.24, 2.45) is 0 Å². The Labute approximate surface area is 160 Å². The second-order valence-corrected chi connectivity index (χ2v) is 7.40. The maximum Gasteiger partial charge on any atom is 0.233 e. The lowest BCUT2D eigenvalue weighted by Crippen LogP contribution is -2.27. The molecule has 8 heteroatoms. The van der Waals surface area contributed by atoms with Gasteiger partial charge < -0.3 is 14.4 Å². The lowest BCUT2D eigenvalue weighted by molar-refractivity contribution is -0.127. The van der Waals surface area contributed by atoms with Gasteiger partial charge in [0.25, 0.3) is 0 Å². The molecule has 0 fully saturated rings. The standard InChI is InChI=1S/C18H19N3O3S2/c1-21(9-12-4-5-14(23-2)15(8-12)24-3)16(22)10-26-18-13-6-7-25-17(13)19-11-20-18/h4-8,11H,9-10H2,1-3H3. The van der Waals surface area contributed by atoms with Crippen molar-refractivity contribution >= 4 is 39.2 Å². The van der Waals surface area contributed by atoms with Crippen molar-refractivity contribution in [2.75, 3.05) is 27.0 Å². The van der Waals surface area contributed by atoms with E-state index in [1.54, 1.807) is 43.8 Å². The zero-order valence-corrected chi connectivity index (χ0v) is 16.4. The van der Waals surface area contributed by atoms with Crippen molar-refractivity contribution in [2.45, 2.75) is 11.6 Å². The fourth-order valence-corrected chi connectivity index (χ4v) is 4.18. The largest absolute Gasteiger partial charge is 0.493 e. The van der Waals surface area contributed by atoms with Crippen LogP contribution in [0, 0.1) is 0 Å².